The van der Waals surface area contributed by atoms with E-state index in [4.69, 9.17) is 11.6 Å². The molecule has 1 N–H and O–H groups in total. The van der Waals surface area contributed by atoms with Gasteiger partial charge in [0.15, 0.2) is 0 Å². The highest BCUT2D eigenvalue weighted by Crippen LogP contribution is 2.28. The van der Waals surface area contributed by atoms with Crippen LogP contribution in [0.3, 0.4) is 0 Å². The highest BCUT2D eigenvalue weighted by molar-refractivity contribution is 6.33. The van der Waals surface area contributed by atoms with Crippen LogP contribution in [0.1, 0.15) is 17.5 Å². The van der Waals surface area contributed by atoms with Crippen molar-refractivity contribution in [1.82, 2.24) is 0 Å². The predicted octanol–water partition coefficient (Wildman–Crippen LogP) is 4.18. The molecule has 0 fully saturated rings. The highest BCUT2D eigenvalue weighted by Gasteiger charge is 2.19. The number of rotatable bonds is 3. The van der Waals surface area contributed by atoms with Crippen LogP contribution in [0.2, 0.25) is 5.02 Å². The summed E-state index contributed by atoms with van der Waals surface area (Å²) in [6, 6.07) is 10.3. The van der Waals surface area contributed by atoms with Gasteiger partial charge in [0.2, 0.25) is 5.91 Å². The van der Waals surface area contributed by atoms with E-state index in [1.54, 1.807) is 0 Å². The van der Waals surface area contributed by atoms with Gasteiger partial charge in [-0.2, -0.15) is 0 Å². The summed E-state index contributed by atoms with van der Waals surface area (Å²) in [5, 5.41) is 2.95. The third-order valence-electron chi connectivity index (χ3n) is 3.99. The second-order valence-electron chi connectivity index (χ2n) is 5.83. The molecule has 0 saturated heterocycles. The normalized spacial score (nSPS) is 13.6. The van der Waals surface area contributed by atoms with Gasteiger partial charge in [-0.25, -0.2) is 4.39 Å². The van der Waals surface area contributed by atoms with Crippen LogP contribution in [-0.2, 0) is 11.2 Å². The Bertz CT molecular complexity index is 748. The molecule has 0 saturated carbocycles. The van der Waals surface area contributed by atoms with Gasteiger partial charge in [0.1, 0.15) is 5.82 Å². The van der Waals surface area contributed by atoms with Crippen LogP contribution in [0.4, 0.5) is 15.8 Å². The second-order valence-corrected chi connectivity index (χ2v) is 6.24. The van der Waals surface area contributed by atoms with E-state index in [9.17, 15) is 9.18 Å². The molecule has 0 unspecified atom stereocenters. The van der Waals surface area contributed by atoms with Crippen LogP contribution < -0.4 is 10.2 Å². The van der Waals surface area contributed by atoms with Crippen molar-refractivity contribution in [2.45, 2.75) is 19.8 Å². The molecule has 5 heteroatoms. The van der Waals surface area contributed by atoms with E-state index in [0.717, 1.165) is 25.1 Å². The quantitative estimate of drug-likeness (QED) is 0.914. The molecule has 2 aromatic rings. The molecule has 1 aliphatic heterocycles. The summed E-state index contributed by atoms with van der Waals surface area (Å²) in [5.41, 5.74) is 4.05. The van der Waals surface area contributed by atoms with Gasteiger partial charge in [-0.05, 0) is 49.6 Å². The molecule has 0 atom stereocenters. The molecule has 23 heavy (non-hydrogen) atoms. The van der Waals surface area contributed by atoms with E-state index in [1.807, 2.05) is 0 Å². The molecule has 1 aliphatic rings. The number of anilines is 2. The average molecular weight is 333 g/mol. The van der Waals surface area contributed by atoms with Crippen LogP contribution in [0.25, 0.3) is 0 Å². The topological polar surface area (TPSA) is 32.3 Å². The summed E-state index contributed by atoms with van der Waals surface area (Å²) >= 11 is 5.95. The number of aryl methyl sites for hydroxylation is 2. The third kappa shape index (κ3) is 3.64. The molecule has 1 heterocycles. The maximum Gasteiger partial charge on any atom is 0.243 e. The minimum atomic E-state index is -0.423. The van der Waals surface area contributed by atoms with E-state index in [2.05, 4.69) is 35.3 Å². The Hall–Kier alpha value is -2.07. The lowest BCUT2D eigenvalue weighted by molar-refractivity contribution is -0.115. The third-order valence-corrected chi connectivity index (χ3v) is 4.30. The number of nitrogens with one attached hydrogen (secondary N) is 1. The first-order valence-electron chi connectivity index (χ1n) is 7.62. The monoisotopic (exact) mass is 332 g/mol. The Labute approximate surface area is 140 Å². The summed E-state index contributed by atoms with van der Waals surface area (Å²) in [4.78, 5) is 14.4. The number of benzene rings is 2. The smallest absolute Gasteiger partial charge is 0.243 e. The fourth-order valence-corrected chi connectivity index (χ4v) is 3.14. The molecule has 120 valence electrons. The molecule has 1 amide bonds. The van der Waals surface area contributed by atoms with Gasteiger partial charge in [-0.3, -0.25) is 4.79 Å². The van der Waals surface area contributed by atoms with Crippen molar-refractivity contribution >= 4 is 28.9 Å². The van der Waals surface area contributed by atoms with Crippen LogP contribution in [0.5, 0.6) is 0 Å². The van der Waals surface area contributed by atoms with E-state index < -0.39 is 5.82 Å². The van der Waals surface area contributed by atoms with Crippen LogP contribution in [0, 0.1) is 12.7 Å². The molecular weight excluding hydrogens is 315 g/mol. The van der Waals surface area contributed by atoms with Crippen LogP contribution >= 0.6 is 11.6 Å². The van der Waals surface area contributed by atoms with E-state index >= 15 is 0 Å². The number of carbonyl (C=O) groups excluding carboxylic acids is 1. The maximum absolute atomic E-state index is 13.1. The van der Waals surface area contributed by atoms with Gasteiger partial charge in [0, 0.05) is 12.2 Å². The molecule has 0 radical (unpaired) electrons. The Morgan fingerprint density at radius 1 is 1.30 bits per heavy atom. The van der Waals surface area contributed by atoms with Gasteiger partial charge in [-0.1, -0.05) is 29.3 Å². The summed E-state index contributed by atoms with van der Waals surface area (Å²) in [7, 11) is 0. The van der Waals surface area contributed by atoms with E-state index in [1.165, 1.54) is 29.3 Å². The first-order valence-corrected chi connectivity index (χ1v) is 8.00. The van der Waals surface area contributed by atoms with Crippen LogP contribution in [-0.4, -0.2) is 19.0 Å². The SMILES string of the molecule is Cc1ccc2c(c1)CCCN2CC(=O)Nc1ccc(F)cc1Cl. The Kier molecular flexibility index (Phi) is 4.53. The fraction of sp³-hybridized carbons (Fsp3) is 0.278. The number of hydrogen-bond acceptors (Lipinski definition) is 2. The summed E-state index contributed by atoms with van der Waals surface area (Å²) < 4.78 is 13.1. The molecule has 0 spiro atoms. The first-order chi connectivity index (χ1) is 11.0. The van der Waals surface area contributed by atoms with E-state index in [-0.39, 0.29) is 17.5 Å². The zero-order valence-corrected chi connectivity index (χ0v) is 13.7. The zero-order chi connectivity index (χ0) is 16.4. The molecule has 2 aromatic carbocycles. The average Bonchev–Trinajstić information content (AvgIpc) is 2.50. The largest absolute Gasteiger partial charge is 0.362 e. The summed E-state index contributed by atoms with van der Waals surface area (Å²) in [5.74, 6) is -0.583. The molecule has 0 bridgehead atoms. The molecule has 0 aromatic heterocycles. The standard InChI is InChI=1S/C18H18ClFN2O/c1-12-4-7-17-13(9-12)3-2-8-22(17)11-18(23)21-16-6-5-14(20)10-15(16)19/h4-7,9-10H,2-3,8,11H2,1H3,(H,21,23). The van der Waals surface area contributed by atoms with Crippen molar-refractivity contribution in [3.8, 4) is 0 Å². The van der Waals surface area contributed by atoms with Crippen molar-refractivity contribution < 1.29 is 9.18 Å². The first kappa shape index (κ1) is 15.8. The second kappa shape index (κ2) is 6.59. The lowest BCUT2D eigenvalue weighted by Gasteiger charge is -2.31. The summed E-state index contributed by atoms with van der Waals surface area (Å²) in [6.45, 7) is 3.17. The van der Waals surface area contributed by atoms with Crippen molar-refractivity contribution in [3.63, 3.8) is 0 Å². The molecule has 3 nitrogen and oxygen atoms in total. The number of hydrogen-bond donors (Lipinski definition) is 1. The van der Waals surface area contributed by atoms with Gasteiger partial charge in [0.05, 0.1) is 17.3 Å². The van der Waals surface area contributed by atoms with Crippen molar-refractivity contribution in [1.29, 1.82) is 0 Å². The van der Waals surface area contributed by atoms with Gasteiger partial charge in [-0.15, -0.1) is 0 Å². The number of nitrogens with zero attached hydrogens (tertiary/aromatic N) is 1. The molecule has 0 aliphatic carbocycles. The molecular formula is C18H18ClFN2O. The Morgan fingerprint density at radius 3 is 2.91 bits per heavy atom. The highest BCUT2D eigenvalue weighted by atomic mass is 35.5. The fourth-order valence-electron chi connectivity index (χ4n) is 2.92. The number of amides is 1. The Morgan fingerprint density at radius 2 is 2.13 bits per heavy atom. The minimum Gasteiger partial charge on any atom is -0.362 e. The Balaban J connectivity index is 1.72. The predicted molar refractivity (Wildman–Crippen MR) is 91.8 cm³/mol. The van der Waals surface area contributed by atoms with Crippen LogP contribution in [0.15, 0.2) is 36.4 Å². The number of carbonyl (C=O) groups is 1. The van der Waals surface area contributed by atoms with Crippen molar-refractivity contribution in [2.24, 2.45) is 0 Å². The maximum atomic E-state index is 13.1. The van der Waals surface area contributed by atoms with Gasteiger partial charge >= 0.3 is 0 Å². The minimum absolute atomic E-state index is 0.160. The van der Waals surface area contributed by atoms with Crippen molar-refractivity contribution in [2.75, 3.05) is 23.3 Å². The number of halogens is 2. The number of fused-ring (bicyclic) bond motifs is 1. The lowest BCUT2D eigenvalue weighted by atomic mass is 9.99. The van der Waals surface area contributed by atoms with Crippen molar-refractivity contribution in [3.05, 3.63) is 58.4 Å². The molecule has 3 rings (SSSR count). The summed E-state index contributed by atoms with van der Waals surface area (Å²) in [6.07, 6.45) is 2.07. The lowest BCUT2D eigenvalue weighted by Crippen LogP contribution is -2.36. The van der Waals surface area contributed by atoms with E-state index in [0.29, 0.717) is 5.69 Å². The zero-order valence-electron chi connectivity index (χ0n) is 12.9. The van der Waals surface area contributed by atoms with Gasteiger partial charge < -0.3 is 10.2 Å². The van der Waals surface area contributed by atoms with Gasteiger partial charge in [0.25, 0.3) is 0 Å².